The maximum Gasteiger partial charge on any atom is 0.118 e. The molecule has 3 heteroatoms. The van der Waals surface area contributed by atoms with Crippen LogP contribution in [0.5, 0.6) is 5.75 Å². The number of aryl methyl sites for hydroxylation is 1. The van der Waals surface area contributed by atoms with Crippen molar-refractivity contribution in [3.8, 4) is 5.75 Å². The average Bonchev–Trinajstić information content (AvgIpc) is 2.39. The van der Waals surface area contributed by atoms with Crippen molar-refractivity contribution in [2.45, 2.75) is 13.5 Å². The zero-order valence-corrected chi connectivity index (χ0v) is 13.1. The van der Waals surface area contributed by atoms with Gasteiger partial charge in [-0.3, -0.25) is 0 Å². The van der Waals surface area contributed by atoms with Crippen LogP contribution in [0.1, 0.15) is 11.1 Å². The van der Waals surface area contributed by atoms with Gasteiger partial charge in [-0.25, -0.2) is 0 Å². The van der Waals surface area contributed by atoms with E-state index in [0.29, 0.717) is 0 Å². The van der Waals surface area contributed by atoms with Crippen LogP contribution < -0.4 is 9.64 Å². The summed E-state index contributed by atoms with van der Waals surface area (Å²) in [6.45, 7) is 3.01. The Hall–Kier alpha value is -1.48. The SMILES string of the molecule is COc1ccc(CN(C)c2ccc(Br)cc2C)cc1. The number of methoxy groups -OCH3 is 1. The fourth-order valence-corrected chi connectivity index (χ4v) is 2.61. The van der Waals surface area contributed by atoms with Gasteiger partial charge in [0.1, 0.15) is 5.75 Å². The highest BCUT2D eigenvalue weighted by Gasteiger charge is 2.06. The molecule has 19 heavy (non-hydrogen) atoms. The van der Waals surface area contributed by atoms with Gasteiger partial charge < -0.3 is 9.64 Å². The Morgan fingerprint density at radius 2 is 1.79 bits per heavy atom. The molecule has 0 spiro atoms. The molecular weight excluding hydrogens is 302 g/mol. The molecule has 0 saturated heterocycles. The molecule has 0 atom stereocenters. The van der Waals surface area contributed by atoms with Crippen LogP contribution in [0.15, 0.2) is 46.9 Å². The first-order valence-electron chi connectivity index (χ1n) is 6.20. The van der Waals surface area contributed by atoms with Crippen LogP contribution in [-0.4, -0.2) is 14.2 Å². The van der Waals surface area contributed by atoms with Gasteiger partial charge in [-0.15, -0.1) is 0 Å². The van der Waals surface area contributed by atoms with Crippen molar-refractivity contribution in [2.24, 2.45) is 0 Å². The molecule has 0 aliphatic rings. The van der Waals surface area contributed by atoms with Crippen molar-refractivity contribution in [1.82, 2.24) is 0 Å². The highest BCUT2D eigenvalue weighted by Crippen LogP contribution is 2.24. The van der Waals surface area contributed by atoms with Crippen LogP contribution in [0.25, 0.3) is 0 Å². The number of hydrogen-bond donors (Lipinski definition) is 0. The van der Waals surface area contributed by atoms with Crippen molar-refractivity contribution in [3.05, 3.63) is 58.1 Å². The van der Waals surface area contributed by atoms with Crippen molar-refractivity contribution in [1.29, 1.82) is 0 Å². The summed E-state index contributed by atoms with van der Waals surface area (Å²) in [5.41, 5.74) is 3.79. The summed E-state index contributed by atoms with van der Waals surface area (Å²) in [7, 11) is 3.80. The standard InChI is InChI=1S/C16H18BrNO/c1-12-10-14(17)6-9-16(12)18(2)11-13-4-7-15(19-3)8-5-13/h4-10H,11H2,1-3H3. The summed E-state index contributed by atoms with van der Waals surface area (Å²) in [6, 6.07) is 14.6. The summed E-state index contributed by atoms with van der Waals surface area (Å²) in [5.74, 6) is 0.895. The Kier molecular flexibility index (Phi) is 4.48. The lowest BCUT2D eigenvalue weighted by Crippen LogP contribution is -2.17. The molecule has 2 aromatic carbocycles. The van der Waals surface area contributed by atoms with E-state index in [2.05, 4.69) is 65.1 Å². The largest absolute Gasteiger partial charge is 0.497 e. The minimum absolute atomic E-state index is 0.881. The van der Waals surface area contributed by atoms with Gasteiger partial charge in [0.25, 0.3) is 0 Å². The van der Waals surface area contributed by atoms with Crippen molar-refractivity contribution >= 4 is 21.6 Å². The lowest BCUT2D eigenvalue weighted by atomic mass is 10.1. The molecule has 0 N–H and O–H groups in total. The Labute approximate surface area is 123 Å². The number of benzene rings is 2. The van der Waals surface area contributed by atoms with Gasteiger partial charge in [0, 0.05) is 23.8 Å². The number of nitrogens with zero attached hydrogens (tertiary/aromatic N) is 1. The van der Waals surface area contributed by atoms with Crippen LogP contribution in [0.4, 0.5) is 5.69 Å². The molecule has 2 aromatic rings. The van der Waals surface area contributed by atoms with Crippen molar-refractivity contribution < 1.29 is 4.74 Å². The summed E-state index contributed by atoms with van der Waals surface area (Å²) >= 11 is 3.50. The molecule has 100 valence electrons. The maximum atomic E-state index is 5.17. The van der Waals surface area contributed by atoms with E-state index in [-0.39, 0.29) is 0 Å². The van der Waals surface area contributed by atoms with E-state index in [1.807, 2.05) is 12.1 Å². The van der Waals surface area contributed by atoms with Crippen LogP contribution >= 0.6 is 15.9 Å². The van der Waals surface area contributed by atoms with Crippen molar-refractivity contribution in [3.63, 3.8) is 0 Å². The summed E-state index contributed by atoms with van der Waals surface area (Å²) in [4.78, 5) is 2.25. The van der Waals surface area contributed by atoms with Crippen LogP contribution in [0.3, 0.4) is 0 Å². The minimum atomic E-state index is 0.881. The number of rotatable bonds is 4. The fraction of sp³-hybridized carbons (Fsp3) is 0.250. The Morgan fingerprint density at radius 3 is 2.37 bits per heavy atom. The Balaban J connectivity index is 2.13. The van der Waals surface area contributed by atoms with Gasteiger partial charge in [0.05, 0.1) is 7.11 Å². The summed E-state index contributed by atoms with van der Waals surface area (Å²) in [6.07, 6.45) is 0. The molecule has 0 heterocycles. The second-order valence-corrected chi connectivity index (χ2v) is 5.55. The lowest BCUT2D eigenvalue weighted by Gasteiger charge is -2.22. The maximum absolute atomic E-state index is 5.17. The van der Waals surface area contributed by atoms with Gasteiger partial charge in [-0.1, -0.05) is 28.1 Å². The van der Waals surface area contributed by atoms with E-state index >= 15 is 0 Å². The fourth-order valence-electron chi connectivity index (χ4n) is 2.14. The third-order valence-corrected chi connectivity index (χ3v) is 3.64. The van der Waals surface area contributed by atoms with Gasteiger partial charge >= 0.3 is 0 Å². The summed E-state index contributed by atoms with van der Waals surface area (Å²) in [5, 5.41) is 0. The van der Waals surface area contributed by atoms with E-state index in [1.54, 1.807) is 7.11 Å². The minimum Gasteiger partial charge on any atom is -0.497 e. The highest BCUT2D eigenvalue weighted by atomic mass is 79.9. The summed E-state index contributed by atoms with van der Waals surface area (Å²) < 4.78 is 6.29. The molecular formula is C16H18BrNO. The molecule has 2 nitrogen and oxygen atoms in total. The van der Waals surface area contributed by atoms with E-state index in [4.69, 9.17) is 4.74 Å². The van der Waals surface area contributed by atoms with E-state index in [0.717, 1.165) is 16.8 Å². The lowest BCUT2D eigenvalue weighted by molar-refractivity contribution is 0.414. The Morgan fingerprint density at radius 1 is 1.11 bits per heavy atom. The Bertz CT molecular complexity index is 551. The van der Waals surface area contributed by atoms with Crippen LogP contribution in [0.2, 0.25) is 0 Å². The van der Waals surface area contributed by atoms with Crippen molar-refractivity contribution in [2.75, 3.05) is 19.1 Å². The molecule has 0 bridgehead atoms. The van der Waals surface area contributed by atoms with Gasteiger partial charge in [-0.05, 0) is 48.4 Å². The molecule has 0 saturated carbocycles. The highest BCUT2D eigenvalue weighted by molar-refractivity contribution is 9.10. The zero-order chi connectivity index (χ0) is 13.8. The van der Waals surface area contributed by atoms with Gasteiger partial charge in [-0.2, -0.15) is 0 Å². The number of ether oxygens (including phenoxy) is 1. The molecule has 0 aliphatic heterocycles. The molecule has 0 radical (unpaired) electrons. The van der Waals surface area contributed by atoms with Crippen LogP contribution in [-0.2, 0) is 6.54 Å². The third kappa shape index (κ3) is 3.51. The normalized spacial score (nSPS) is 10.3. The first-order chi connectivity index (χ1) is 9.10. The molecule has 0 aliphatic carbocycles. The number of halogens is 1. The average molecular weight is 320 g/mol. The van der Waals surface area contributed by atoms with Crippen LogP contribution in [0, 0.1) is 6.92 Å². The number of anilines is 1. The quantitative estimate of drug-likeness (QED) is 0.828. The molecule has 0 aromatic heterocycles. The van der Waals surface area contributed by atoms with E-state index in [1.165, 1.54) is 16.8 Å². The first kappa shape index (κ1) is 13.9. The topological polar surface area (TPSA) is 12.5 Å². The second-order valence-electron chi connectivity index (χ2n) is 4.63. The second kappa shape index (κ2) is 6.11. The molecule has 0 fully saturated rings. The molecule has 2 rings (SSSR count). The third-order valence-electron chi connectivity index (χ3n) is 3.15. The smallest absolute Gasteiger partial charge is 0.118 e. The van der Waals surface area contributed by atoms with E-state index in [9.17, 15) is 0 Å². The zero-order valence-electron chi connectivity index (χ0n) is 11.5. The molecule has 0 amide bonds. The number of hydrogen-bond acceptors (Lipinski definition) is 2. The van der Waals surface area contributed by atoms with Gasteiger partial charge in [0.2, 0.25) is 0 Å². The van der Waals surface area contributed by atoms with Gasteiger partial charge in [0.15, 0.2) is 0 Å². The monoisotopic (exact) mass is 319 g/mol. The predicted molar refractivity (Wildman–Crippen MR) is 84.0 cm³/mol. The molecule has 0 unspecified atom stereocenters. The predicted octanol–water partition coefficient (Wildman–Crippen LogP) is 4.40. The van der Waals surface area contributed by atoms with E-state index < -0.39 is 0 Å². The first-order valence-corrected chi connectivity index (χ1v) is 6.99.